The number of rotatable bonds is 50. The van der Waals surface area contributed by atoms with Crippen LogP contribution in [-0.4, -0.2) is 82.3 Å². The van der Waals surface area contributed by atoms with Crippen LogP contribution in [0.1, 0.15) is 206 Å². The lowest BCUT2D eigenvalue weighted by Gasteiger charge is -2.26. The Morgan fingerprint density at radius 3 is 1.20 bits per heavy atom. The third kappa shape index (κ3) is 53.6. The summed E-state index contributed by atoms with van der Waals surface area (Å²) < 4.78 is 22.6. The molecule has 0 N–H and O–H groups in total. The van der Waals surface area contributed by atoms with Crippen molar-refractivity contribution in [2.24, 2.45) is 0 Å². The summed E-state index contributed by atoms with van der Waals surface area (Å²) >= 11 is 0. The van der Waals surface area contributed by atoms with Crippen LogP contribution in [0.4, 0.5) is 0 Å². The number of ether oxygens (including phenoxy) is 4. The largest absolute Gasteiger partial charge is 0.545 e. The van der Waals surface area contributed by atoms with Gasteiger partial charge >= 0.3 is 11.9 Å². The van der Waals surface area contributed by atoms with E-state index < -0.39 is 24.3 Å². The molecule has 0 amide bonds. The first-order valence-electron chi connectivity index (χ1n) is 28.0. The highest BCUT2D eigenvalue weighted by Crippen LogP contribution is 2.15. The van der Waals surface area contributed by atoms with E-state index in [0.29, 0.717) is 17.4 Å². The van der Waals surface area contributed by atoms with E-state index in [1.165, 1.54) is 77.0 Å². The first-order chi connectivity index (χ1) is 34.6. The minimum atomic E-state index is -1.64. The number of carbonyl (C=O) groups is 3. The van der Waals surface area contributed by atoms with E-state index in [0.717, 1.165) is 96.3 Å². The zero-order chi connectivity index (χ0) is 52.0. The van der Waals surface area contributed by atoms with Crippen LogP contribution in [0.2, 0.25) is 0 Å². The van der Waals surface area contributed by atoms with Crippen molar-refractivity contribution in [1.29, 1.82) is 0 Å². The van der Waals surface area contributed by atoms with E-state index >= 15 is 0 Å². The molecule has 0 bridgehead atoms. The molecule has 0 spiro atoms. The SMILES string of the molecule is CC/C=C\C/C=C\C/C=C\C/C=C\C/C=C\C/C=C\C/C=C\C/C=C\C/C=C\CCCCCC(=O)OC(COC(=O)CCCCCCCCCCCCCCCCC)COC(OCC[N+](C)(C)C)C(=O)[O-]. The van der Waals surface area contributed by atoms with Crippen molar-refractivity contribution in [3.63, 3.8) is 0 Å². The molecule has 0 rings (SSSR count). The Labute approximate surface area is 434 Å². The van der Waals surface area contributed by atoms with E-state index in [2.05, 4.69) is 123 Å². The minimum Gasteiger partial charge on any atom is -0.545 e. The maximum atomic E-state index is 12.8. The lowest BCUT2D eigenvalue weighted by molar-refractivity contribution is -0.870. The van der Waals surface area contributed by atoms with Crippen molar-refractivity contribution in [3.05, 3.63) is 109 Å². The summed E-state index contributed by atoms with van der Waals surface area (Å²) in [5.41, 5.74) is 0. The number of allylic oxidation sites excluding steroid dienone is 18. The molecular weight excluding hydrogens is 887 g/mol. The van der Waals surface area contributed by atoms with Crippen LogP contribution in [0.3, 0.4) is 0 Å². The first kappa shape index (κ1) is 67.0. The van der Waals surface area contributed by atoms with Crippen molar-refractivity contribution >= 4 is 17.9 Å². The number of quaternary nitrogens is 1. The average Bonchev–Trinajstić information content (AvgIpc) is 3.34. The second kappa shape index (κ2) is 52.3. The highest BCUT2D eigenvalue weighted by molar-refractivity contribution is 5.70. The summed E-state index contributed by atoms with van der Waals surface area (Å²) in [5.74, 6) is -2.34. The summed E-state index contributed by atoms with van der Waals surface area (Å²) in [6, 6.07) is 0. The normalized spacial score (nSPS) is 13.6. The van der Waals surface area contributed by atoms with Crippen LogP contribution in [0.25, 0.3) is 0 Å². The number of aliphatic carboxylic acids is 1. The van der Waals surface area contributed by atoms with Gasteiger partial charge in [-0.3, -0.25) is 9.59 Å². The molecule has 404 valence electrons. The first-order valence-corrected chi connectivity index (χ1v) is 28.0. The third-order valence-corrected chi connectivity index (χ3v) is 11.5. The highest BCUT2D eigenvalue weighted by atomic mass is 16.7. The summed E-state index contributed by atoms with van der Waals surface area (Å²) in [6.45, 7) is 4.58. The predicted octanol–water partition coefficient (Wildman–Crippen LogP) is 15.0. The van der Waals surface area contributed by atoms with Gasteiger partial charge in [-0.05, 0) is 83.5 Å². The van der Waals surface area contributed by atoms with Crippen LogP contribution in [0.5, 0.6) is 0 Å². The van der Waals surface area contributed by atoms with Crippen molar-refractivity contribution in [2.45, 2.75) is 219 Å². The van der Waals surface area contributed by atoms with Crippen molar-refractivity contribution in [3.8, 4) is 0 Å². The Bertz CT molecular complexity index is 1530. The lowest BCUT2D eigenvalue weighted by atomic mass is 10.0. The zero-order valence-corrected chi connectivity index (χ0v) is 45.8. The van der Waals surface area contributed by atoms with Gasteiger partial charge in [0.15, 0.2) is 12.4 Å². The molecule has 9 heteroatoms. The molecule has 0 aliphatic heterocycles. The summed E-state index contributed by atoms with van der Waals surface area (Å²) in [5, 5.41) is 11.8. The summed E-state index contributed by atoms with van der Waals surface area (Å²) in [4.78, 5) is 37.2. The predicted molar refractivity (Wildman–Crippen MR) is 297 cm³/mol. The van der Waals surface area contributed by atoms with Crippen molar-refractivity contribution in [1.82, 2.24) is 0 Å². The maximum Gasteiger partial charge on any atom is 0.306 e. The topological polar surface area (TPSA) is 111 Å². The molecule has 0 aliphatic rings. The summed E-state index contributed by atoms with van der Waals surface area (Å²) in [7, 11) is 5.90. The Morgan fingerprint density at radius 1 is 0.437 bits per heavy atom. The molecule has 0 saturated carbocycles. The van der Waals surface area contributed by atoms with Crippen molar-refractivity contribution < 1.29 is 42.9 Å². The number of hydrogen-bond donors (Lipinski definition) is 0. The molecule has 2 unspecified atom stereocenters. The van der Waals surface area contributed by atoms with Gasteiger partial charge in [0.1, 0.15) is 13.2 Å². The molecule has 0 heterocycles. The molecule has 2 atom stereocenters. The van der Waals surface area contributed by atoms with Gasteiger partial charge in [0.25, 0.3) is 0 Å². The lowest BCUT2D eigenvalue weighted by Crippen LogP contribution is -2.44. The van der Waals surface area contributed by atoms with Gasteiger partial charge in [0.2, 0.25) is 0 Å². The second-order valence-corrected chi connectivity index (χ2v) is 19.5. The van der Waals surface area contributed by atoms with Crippen molar-refractivity contribution in [2.75, 3.05) is 47.5 Å². The number of likely N-dealkylation sites (N-methyl/N-ethyl adjacent to an activating group) is 1. The number of esters is 2. The van der Waals surface area contributed by atoms with E-state index in [1.807, 2.05) is 21.1 Å². The number of carboxylic acids is 1. The fraction of sp³-hybridized carbons (Fsp3) is 0.661. The summed E-state index contributed by atoms with van der Waals surface area (Å²) in [6.07, 6.45) is 68.5. The highest BCUT2D eigenvalue weighted by Gasteiger charge is 2.22. The fourth-order valence-electron chi connectivity index (χ4n) is 7.23. The van der Waals surface area contributed by atoms with Crippen LogP contribution in [0, 0.1) is 0 Å². The molecule has 0 aromatic heterocycles. The molecule has 0 aromatic rings. The zero-order valence-electron chi connectivity index (χ0n) is 45.8. The minimum absolute atomic E-state index is 0.136. The van der Waals surface area contributed by atoms with Gasteiger partial charge in [-0.1, -0.05) is 220 Å². The van der Waals surface area contributed by atoms with E-state index in [1.54, 1.807) is 0 Å². The molecule has 71 heavy (non-hydrogen) atoms. The smallest absolute Gasteiger partial charge is 0.306 e. The van der Waals surface area contributed by atoms with Gasteiger partial charge in [-0.25, -0.2) is 0 Å². The van der Waals surface area contributed by atoms with Gasteiger partial charge < -0.3 is 33.3 Å². The number of carboxylic acid groups (broad SMARTS) is 1. The molecule has 9 nitrogen and oxygen atoms in total. The van der Waals surface area contributed by atoms with E-state index in [4.69, 9.17) is 18.9 Å². The third-order valence-electron chi connectivity index (χ3n) is 11.5. The number of hydrogen-bond acceptors (Lipinski definition) is 8. The fourth-order valence-corrected chi connectivity index (χ4v) is 7.23. The van der Waals surface area contributed by atoms with Gasteiger partial charge in [-0.15, -0.1) is 0 Å². The van der Waals surface area contributed by atoms with Gasteiger partial charge in [-0.2, -0.15) is 0 Å². The molecule has 0 radical (unpaired) electrons. The van der Waals surface area contributed by atoms with E-state index in [-0.39, 0.29) is 38.6 Å². The standard InChI is InChI=1S/C62H103NO8/c1-6-8-10-12-14-16-18-20-22-23-24-25-26-27-28-29-30-31-32-33-34-35-36-37-39-41-43-45-47-49-51-53-60(65)71-58(57-70-62(61(66)67)68-55-54-63(3,4)5)56-69-59(64)52-50-48-46-44-42-40-38-21-19-17-15-13-11-9-7-2/h8,10,14,16,20,22,24-25,27-28,30-31,33-34,36-37,41,43,58,62H,6-7,9,11-13,15,17-19,21,23,26,29,32,35,38-40,42,44-57H2,1-5H3/b10-8-,16-14-,22-20-,25-24-,28-27-,31-30-,34-33-,37-36-,43-41-. The maximum absolute atomic E-state index is 12.8. The van der Waals surface area contributed by atoms with Gasteiger partial charge in [0.05, 0.1) is 40.3 Å². The molecule has 0 fully saturated rings. The number of unbranched alkanes of at least 4 members (excludes halogenated alkanes) is 17. The average molecular weight is 991 g/mol. The molecule has 0 aromatic carbocycles. The quantitative estimate of drug-likeness (QED) is 0.0195. The Kier molecular flexibility index (Phi) is 49.3. The number of carbonyl (C=O) groups excluding carboxylic acids is 3. The van der Waals surface area contributed by atoms with Crippen LogP contribution in [-0.2, 0) is 33.3 Å². The van der Waals surface area contributed by atoms with Crippen LogP contribution < -0.4 is 5.11 Å². The van der Waals surface area contributed by atoms with E-state index in [9.17, 15) is 19.5 Å². The Hall–Kier alpha value is -4.05. The Balaban J connectivity index is 4.36. The van der Waals surface area contributed by atoms with Crippen LogP contribution >= 0.6 is 0 Å². The molecule has 0 aliphatic carbocycles. The Morgan fingerprint density at radius 2 is 0.803 bits per heavy atom. The van der Waals surface area contributed by atoms with Crippen LogP contribution in [0.15, 0.2) is 109 Å². The van der Waals surface area contributed by atoms with Gasteiger partial charge in [0, 0.05) is 12.8 Å². The second-order valence-electron chi connectivity index (χ2n) is 19.5. The number of nitrogens with zero attached hydrogens (tertiary/aromatic N) is 1. The molecular formula is C62H103NO8. The molecule has 0 saturated heterocycles. The monoisotopic (exact) mass is 990 g/mol.